The van der Waals surface area contributed by atoms with Crippen LogP contribution in [0.2, 0.25) is 10.0 Å². The lowest BCUT2D eigenvalue weighted by atomic mass is 9.98. The number of furan rings is 1. The Kier molecular flexibility index (Phi) is 8.42. The molecular weight excluding hydrogens is 627 g/mol. The molecule has 9 nitrogen and oxygen atoms in total. The average molecular weight is 664 g/mol. The Morgan fingerprint density at radius 2 is 1.80 bits per heavy atom. The lowest BCUT2D eigenvalue weighted by molar-refractivity contribution is 0.0635. The van der Waals surface area contributed by atoms with Gasteiger partial charge in [0.25, 0.3) is 5.91 Å². The van der Waals surface area contributed by atoms with E-state index >= 15 is 0 Å². The van der Waals surface area contributed by atoms with E-state index in [4.69, 9.17) is 32.4 Å². The number of hydrogen-bond donors (Lipinski definition) is 1. The molecule has 11 heteroatoms. The highest BCUT2D eigenvalue weighted by atomic mass is 35.5. The van der Waals surface area contributed by atoms with Gasteiger partial charge in [-0.2, -0.15) is 5.10 Å². The number of carbonyl (C=O) groups is 2. The lowest BCUT2D eigenvalue weighted by Crippen LogP contribution is -2.42. The summed E-state index contributed by atoms with van der Waals surface area (Å²) in [4.78, 5) is 27.5. The molecular formula is C35H36Cl2N4O5. The third kappa shape index (κ3) is 5.45. The van der Waals surface area contributed by atoms with Gasteiger partial charge < -0.3 is 23.7 Å². The van der Waals surface area contributed by atoms with Gasteiger partial charge in [-0.25, -0.2) is 4.79 Å². The second-order valence-corrected chi connectivity index (χ2v) is 12.9. The fraction of sp³-hybridized carbons (Fsp3) is 0.343. The molecule has 0 aliphatic carbocycles. The van der Waals surface area contributed by atoms with Crippen molar-refractivity contribution in [1.29, 1.82) is 0 Å². The summed E-state index contributed by atoms with van der Waals surface area (Å²) in [5, 5.41) is 16.3. The van der Waals surface area contributed by atoms with Crippen molar-refractivity contribution in [2.45, 2.75) is 60.0 Å². The van der Waals surface area contributed by atoms with Gasteiger partial charge in [0.05, 0.1) is 29.4 Å². The van der Waals surface area contributed by atoms with Crippen molar-refractivity contribution in [3.05, 3.63) is 91.7 Å². The van der Waals surface area contributed by atoms with Gasteiger partial charge in [0.15, 0.2) is 0 Å². The molecule has 0 spiro atoms. The molecule has 0 radical (unpaired) electrons. The molecule has 4 heterocycles. The number of benzene rings is 2. The fourth-order valence-corrected chi connectivity index (χ4v) is 7.06. The van der Waals surface area contributed by atoms with E-state index in [2.05, 4.69) is 16.6 Å². The fourth-order valence-electron chi connectivity index (χ4n) is 6.71. The molecule has 2 aromatic carbocycles. The second-order valence-electron chi connectivity index (χ2n) is 12.1. The number of nitrogens with zero attached hydrogens (tertiary/aromatic N) is 4. The highest BCUT2D eigenvalue weighted by Crippen LogP contribution is 2.44. The van der Waals surface area contributed by atoms with Crippen molar-refractivity contribution in [2.24, 2.45) is 7.05 Å². The van der Waals surface area contributed by atoms with Crippen LogP contribution in [0.4, 0.5) is 0 Å². The molecule has 0 bridgehead atoms. The summed E-state index contributed by atoms with van der Waals surface area (Å²) >= 11 is 13.3. The number of amides is 1. The Balaban J connectivity index is 1.43. The van der Waals surface area contributed by atoms with Crippen molar-refractivity contribution < 1.29 is 23.8 Å². The maximum Gasteiger partial charge on any atom is 0.371 e. The predicted octanol–water partition coefficient (Wildman–Crippen LogP) is 8.10. The number of rotatable bonds is 9. The molecule has 0 fully saturated rings. The van der Waals surface area contributed by atoms with E-state index in [0.717, 1.165) is 60.9 Å². The molecule has 6 rings (SSSR count). The smallest absolute Gasteiger partial charge is 0.371 e. The minimum Gasteiger partial charge on any atom is -0.494 e. The Hall–Kier alpha value is -4.21. The van der Waals surface area contributed by atoms with E-state index in [1.54, 1.807) is 11.0 Å². The van der Waals surface area contributed by atoms with Crippen LogP contribution >= 0.6 is 23.2 Å². The van der Waals surface area contributed by atoms with Crippen LogP contribution in [0.5, 0.6) is 5.75 Å². The molecule has 1 aliphatic rings. The summed E-state index contributed by atoms with van der Waals surface area (Å²) in [6.07, 6.45) is 1.25. The molecule has 1 N–H and O–H groups in total. The van der Waals surface area contributed by atoms with E-state index in [0.29, 0.717) is 42.5 Å². The summed E-state index contributed by atoms with van der Waals surface area (Å²) in [6.45, 7) is 11.0. The van der Waals surface area contributed by atoms with Crippen LogP contribution in [0, 0.1) is 27.7 Å². The van der Waals surface area contributed by atoms with Crippen LogP contribution in [0.1, 0.15) is 74.3 Å². The first-order valence-corrected chi connectivity index (χ1v) is 16.0. The minimum absolute atomic E-state index is 0.108. The standard InChI is InChI=1S/C35H36Cl2N4O5/c1-18-14-24(15-19(2)31(18)37)45-13-7-8-25-26-10-11-27(36)30(29-21(4)38-39(6)22(29)5)32(26)41-20(3)16-40(34(42)33(25)41)17-23-9-12-28(46-23)35(43)44/h9-12,14-15,20H,7-8,13,16-17H2,1-6H3,(H,43,44). The van der Waals surface area contributed by atoms with Crippen molar-refractivity contribution in [1.82, 2.24) is 19.2 Å². The van der Waals surface area contributed by atoms with Gasteiger partial charge in [-0.05, 0) is 94.5 Å². The highest BCUT2D eigenvalue weighted by molar-refractivity contribution is 6.35. The van der Waals surface area contributed by atoms with E-state index in [-0.39, 0.29) is 24.3 Å². The Morgan fingerprint density at radius 1 is 1.09 bits per heavy atom. The Labute approximate surface area is 277 Å². The number of halogens is 2. The monoisotopic (exact) mass is 662 g/mol. The van der Waals surface area contributed by atoms with Crippen LogP contribution in [-0.4, -0.2) is 49.4 Å². The van der Waals surface area contributed by atoms with E-state index in [1.807, 2.05) is 63.7 Å². The summed E-state index contributed by atoms with van der Waals surface area (Å²) in [7, 11) is 1.91. The maximum absolute atomic E-state index is 14.4. The second kappa shape index (κ2) is 12.2. The zero-order chi connectivity index (χ0) is 33.0. The van der Waals surface area contributed by atoms with Crippen LogP contribution in [0.3, 0.4) is 0 Å². The van der Waals surface area contributed by atoms with Crippen LogP contribution in [-0.2, 0) is 20.0 Å². The summed E-state index contributed by atoms with van der Waals surface area (Å²) < 4.78 is 15.6. The molecule has 0 saturated carbocycles. The number of ether oxygens (including phenoxy) is 1. The van der Waals surface area contributed by atoms with E-state index in [9.17, 15) is 14.7 Å². The van der Waals surface area contributed by atoms with Gasteiger partial charge in [0.2, 0.25) is 5.76 Å². The normalized spacial score (nSPS) is 14.7. The quantitative estimate of drug-likeness (QED) is 0.160. The number of carboxylic acids is 1. The first-order chi connectivity index (χ1) is 21.9. The molecule has 46 heavy (non-hydrogen) atoms. The van der Waals surface area contributed by atoms with Gasteiger partial charge in [-0.1, -0.05) is 29.3 Å². The first-order valence-electron chi connectivity index (χ1n) is 15.2. The number of fused-ring (bicyclic) bond motifs is 3. The molecule has 1 unspecified atom stereocenters. The van der Waals surface area contributed by atoms with Gasteiger partial charge in [0, 0.05) is 46.9 Å². The highest BCUT2D eigenvalue weighted by Gasteiger charge is 2.36. The SMILES string of the molecule is Cc1cc(OCCCc2c3n(c4c(-c5c(C)nn(C)c5C)c(Cl)ccc24)C(C)CN(Cc2ccc(C(=O)O)o2)C3=O)cc(C)c1Cl. The minimum atomic E-state index is -1.15. The topological polar surface area (TPSA) is 103 Å². The third-order valence-electron chi connectivity index (χ3n) is 8.86. The molecule has 240 valence electrons. The maximum atomic E-state index is 14.4. The predicted molar refractivity (Wildman–Crippen MR) is 178 cm³/mol. The van der Waals surface area contributed by atoms with Crippen molar-refractivity contribution in [3.63, 3.8) is 0 Å². The van der Waals surface area contributed by atoms with Crippen LogP contribution in [0.25, 0.3) is 22.0 Å². The average Bonchev–Trinajstić information content (AvgIpc) is 3.67. The van der Waals surface area contributed by atoms with Crippen molar-refractivity contribution in [3.8, 4) is 16.9 Å². The zero-order valence-corrected chi connectivity index (χ0v) is 28.2. The zero-order valence-electron chi connectivity index (χ0n) is 26.7. The van der Waals surface area contributed by atoms with Gasteiger partial charge in [-0.15, -0.1) is 0 Å². The molecule has 1 amide bonds. The molecule has 1 atom stereocenters. The Morgan fingerprint density at radius 3 is 2.43 bits per heavy atom. The molecule has 5 aromatic rings. The number of carbonyl (C=O) groups excluding carboxylic acids is 1. The first kappa shape index (κ1) is 31.8. The van der Waals surface area contributed by atoms with Crippen LogP contribution < -0.4 is 4.74 Å². The number of hydrogen-bond acceptors (Lipinski definition) is 5. The summed E-state index contributed by atoms with van der Waals surface area (Å²) in [5.74, 6) is -0.284. The summed E-state index contributed by atoms with van der Waals surface area (Å²) in [6, 6.07) is 10.7. The number of carboxylic acid groups (broad SMARTS) is 1. The van der Waals surface area contributed by atoms with Gasteiger partial charge >= 0.3 is 5.97 Å². The van der Waals surface area contributed by atoms with Crippen molar-refractivity contribution >= 4 is 46.0 Å². The van der Waals surface area contributed by atoms with E-state index in [1.165, 1.54) is 6.07 Å². The number of aryl methyl sites for hydroxylation is 5. The number of aromatic carboxylic acids is 1. The third-order valence-corrected chi connectivity index (χ3v) is 9.77. The van der Waals surface area contributed by atoms with Crippen molar-refractivity contribution in [2.75, 3.05) is 13.2 Å². The van der Waals surface area contributed by atoms with Gasteiger partial charge in [0.1, 0.15) is 17.2 Å². The number of aromatic nitrogens is 3. The Bertz CT molecular complexity index is 2000. The van der Waals surface area contributed by atoms with E-state index < -0.39 is 5.97 Å². The molecule has 0 saturated heterocycles. The lowest BCUT2D eigenvalue weighted by Gasteiger charge is -2.34. The molecule has 3 aromatic heterocycles. The van der Waals surface area contributed by atoms with Crippen LogP contribution in [0.15, 0.2) is 40.8 Å². The summed E-state index contributed by atoms with van der Waals surface area (Å²) in [5.41, 5.74) is 8.01. The molecule has 1 aliphatic heterocycles. The van der Waals surface area contributed by atoms with Gasteiger partial charge in [-0.3, -0.25) is 9.48 Å². The largest absolute Gasteiger partial charge is 0.494 e.